The predicted molar refractivity (Wildman–Crippen MR) is 96.9 cm³/mol. The van der Waals surface area contributed by atoms with Crippen LogP contribution in [-0.4, -0.2) is 43.7 Å². The van der Waals surface area contributed by atoms with Crippen LogP contribution in [0.1, 0.15) is 17.2 Å². The molecule has 0 aromatic heterocycles. The average molecular weight is 379 g/mol. The number of aryl methyl sites for hydroxylation is 1. The molecule has 7 heteroatoms. The molecule has 0 bridgehead atoms. The maximum Gasteiger partial charge on any atom is 0.244 e. The summed E-state index contributed by atoms with van der Waals surface area (Å²) < 4.78 is 27.3. The highest BCUT2D eigenvalue weighted by molar-refractivity contribution is 7.89. The molecule has 1 amide bonds. The fourth-order valence-corrected chi connectivity index (χ4v) is 4.68. The summed E-state index contributed by atoms with van der Waals surface area (Å²) in [7, 11) is -0.522. The van der Waals surface area contributed by atoms with E-state index in [1.165, 1.54) is 9.21 Å². The lowest BCUT2D eigenvalue weighted by molar-refractivity contribution is -0.128. The second kappa shape index (κ2) is 6.44. The van der Waals surface area contributed by atoms with Crippen molar-refractivity contribution in [1.29, 1.82) is 0 Å². The molecule has 5 nitrogen and oxygen atoms in total. The maximum atomic E-state index is 13.0. The summed E-state index contributed by atoms with van der Waals surface area (Å²) in [6.45, 7) is 1.89. The van der Waals surface area contributed by atoms with Gasteiger partial charge in [-0.3, -0.25) is 4.79 Å². The third-order valence-electron chi connectivity index (χ3n) is 4.26. The van der Waals surface area contributed by atoms with E-state index < -0.39 is 22.1 Å². The number of hydrogen-bond donors (Lipinski definition) is 0. The lowest BCUT2D eigenvalue weighted by Gasteiger charge is -2.10. The van der Waals surface area contributed by atoms with E-state index in [-0.39, 0.29) is 10.8 Å². The van der Waals surface area contributed by atoms with E-state index in [0.717, 1.165) is 11.1 Å². The number of nitrogens with zero attached hydrogens (tertiary/aromatic N) is 2. The van der Waals surface area contributed by atoms with Crippen molar-refractivity contribution in [2.24, 2.45) is 0 Å². The summed E-state index contributed by atoms with van der Waals surface area (Å²) in [5.74, 6) is -0.240. The van der Waals surface area contributed by atoms with Gasteiger partial charge in [-0.25, -0.2) is 8.42 Å². The minimum Gasteiger partial charge on any atom is -0.347 e. The number of likely N-dealkylation sites (N-methyl/N-ethyl adjacent to an activating group) is 1. The SMILES string of the molecule is Cc1ccc(S(=O)(=O)N2[C@@H](C(=O)N(C)C)[C@@H]2c2ccc(Cl)cc2)cc1. The van der Waals surface area contributed by atoms with Crippen LogP contribution in [-0.2, 0) is 14.8 Å². The van der Waals surface area contributed by atoms with Gasteiger partial charge >= 0.3 is 0 Å². The molecule has 0 radical (unpaired) electrons. The number of carbonyl (C=O) groups is 1. The molecule has 2 aromatic rings. The fraction of sp³-hybridized carbons (Fsp3) is 0.278. The van der Waals surface area contributed by atoms with Crippen LogP contribution in [0, 0.1) is 6.92 Å². The second-order valence-electron chi connectivity index (χ2n) is 6.32. The molecule has 1 aliphatic heterocycles. The first-order valence-corrected chi connectivity index (χ1v) is 9.62. The molecule has 1 unspecified atom stereocenters. The highest BCUT2D eigenvalue weighted by Gasteiger charge is 2.60. The fourth-order valence-electron chi connectivity index (χ4n) is 2.84. The highest BCUT2D eigenvalue weighted by atomic mass is 35.5. The molecule has 1 heterocycles. The van der Waals surface area contributed by atoms with Gasteiger partial charge in [0, 0.05) is 19.1 Å². The second-order valence-corrected chi connectivity index (χ2v) is 8.60. The van der Waals surface area contributed by atoms with E-state index in [1.807, 2.05) is 6.92 Å². The largest absolute Gasteiger partial charge is 0.347 e. The van der Waals surface area contributed by atoms with E-state index in [2.05, 4.69) is 0 Å². The van der Waals surface area contributed by atoms with Gasteiger partial charge in [-0.15, -0.1) is 0 Å². The Morgan fingerprint density at radius 2 is 1.60 bits per heavy atom. The topological polar surface area (TPSA) is 57.5 Å². The van der Waals surface area contributed by atoms with Crippen molar-refractivity contribution in [2.45, 2.75) is 23.9 Å². The molecular formula is C18H19ClN2O3S. The van der Waals surface area contributed by atoms with Crippen LogP contribution >= 0.6 is 11.6 Å². The molecule has 3 atom stereocenters. The van der Waals surface area contributed by atoms with Gasteiger partial charge in [0.15, 0.2) is 0 Å². The van der Waals surface area contributed by atoms with Crippen molar-refractivity contribution in [3.05, 3.63) is 64.7 Å². The molecule has 0 aliphatic carbocycles. The predicted octanol–water partition coefficient (Wildman–Crippen LogP) is 2.85. The molecule has 1 aliphatic rings. The summed E-state index contributed by atoms with van der Waals surface area (Å²) >= 11 is 5.92. The zero-order chi connectivity index (χ0) is 18.4. The lowest BCUT2D eigenvalue weighted by atomic mass is 10.1. The van der Waals surface area contributed by atoms with Gasteiger partial charge in [-0.1, -0.05) is 41.4 Å². The first-order chi connectivity index (χ1) is 11.7. The summed E-state index contributed by atoms with van der Waals surface area (Å²) in [4.78, 5) is 14.1. The third kappa shape index (κ3) is 3.29. The molecule has 0 saturated carbocycles. The average Bonchev–Trinajstić information content (AvgIpc) is 3.31. The third-order valence-corrected chi connectivity index (χ3v) is 6.39. The normalized spacial score (nSPS) is 22.5. The van der Waals surface area contributed by atoms with Crippen LogP contribution in [0.25, 0.3) is 0 Å². The van der Waals surface area contributed by atoms with Crippen LogP contribution < -0.4 is 0 Å². The Bertz CT molecular complexity index is 893. The van der Waals surface area contributed by atoms with Crippen molar-refractivity contribution in [3.63, 3.8) is 0 Å². The minimum atomic E-state index is -3.76. The highest BCUT2D eigenvalue weighted by Crippen LogP contribution is 2.48. The number of halogens is 1. The standard InChI is InChI=1S/C18H19ClN2O3S/c1-12-4-10-15(11-5-12)25(23,24)21-16(17(21)18(22)20(2)3)13-6-8-14(19)9-7-13/h4-11,16-17H,1-3H3/t16-,17+,21?/m0/s1. The molecule has 1 fully saturated rings. The first-order valence-electron chi connectivity index (χ1n) is 7.80. The van der Waals surface area contributed by atoms with E-state index in [0.29, 0.717) is 5.02 Å². The number of benzene rings is 2. The Kier molecular flexibility index (Phi) is 4.62. The van der Waals surface area contributed by atoms with Crippen molar-refractivity contribution in [2.75, 3.05) is 14.1 Å². The molecule has 1 saturated heterocycles. The van der Waals surface area contributed by atoms with Crippen LogP contribution in [0.5, 0.6) is 0 Å². The summed E-state index contributed by atoms with van der Waals surface area (Å²) in [6, 6.07) is 12.3. The zero-order valence-electron chi connectivity index (χ0n) is 14.2. The molecule has 3 rings (SSSR count). The maximum absolute atomic E-state index is 13.0. The summed E-state index contributed by atoms with van der Waals surface area (Å²) in [6.07, 6.45) is 0. The van der Waals surface area contributed by atoms with E-state index >= 15 is 0 Å². The van der Waals surface area contributed by atoms with Gasteiger partial charge in [-0.2, -0.15) is 4.31 Å². The number of rotatable bonds is 4. The number of hydrogen-bond acceptors (Lipinski definition) is 3. The van der Waals surface area contributed by atoms with Gasteiger partial charge in [-0.05, 0) is 36.8 Å². The van der Waals surface area contributed by atoms with Gasteiger partial charge < -0.3 is 4.90 Å². The number of sulfonamides is 1. The molecule has 2 aromatic carbocycles. The molecular weight excluding hydrogens is 360 g/mol. The molecule has 132 valence electrons. The van der Waals surface area contributed by atoms with Crippen LogP contribution in [0.3, 0.4) is 0 Å². The van der Waals surface area contributed by atoms with Crippen LogP contribution in [0.15, 0.2) is 53.4 Å². The summed E-state index contributed by atoms with van der Waals surface area (Å²) in [5, 5.41) is 0.563. The van der Waals surface area contributed by atoms with E-state index in [1.54, 1.807) is 62.6 Å². The Morgan fingerprint density at radius 3 is 2.12 bits per heavy atom. The molecule has 25 heavy (non-hydrogen) atoms. The Balaban J connectivity index is 2.00. The van der Waals surface area contributed by atoms with Crippen molar-refractivity contribution in [1.82, 2.24) is 9.21 Å². The van der Waals surface area contributed by atoms with Gasteiger partial charge in [0.25, 0.3) is 0 Å². The van der Waals surface area contributed by atoms with Crippen molar-refractivity contribution in [3.8, 4) is 0 Å². The van der Waals surface area contributed by atoms with Crippen molar-refractivity contribution < 1.29 is 13.2 Å². The van der Waals surface area contributed by atoms with Gasteiger partial charge in [0.05, 0.1) is 10.9 Å². The first kappa shape index (κ1) is 17.9. The molecule has 0 spiro atoms. The Hall–Kier alpha value is -1.89. The molecule has 0 N–H and O–H groups in total. The summed E-state index contributed by atoms with van der Waals surface area (Å²) in [5.41, 5.74) is 1.72. The van der Waals surface area contributed by atoms with Crippen LogP contribution in [0.2, 0.25) is 5.02 Å². The smallest absolute Gasteiger partial charge is 0.244 e. The Morgan fingerprint density at radius 1 is 1.04 bits per heavy atom. The van der Waals surface area contributed by atoms with E-state index in [4.69, 9.17) is 11.6 Å². The monoisotopic (exact) mass is 378 g/mol. The lowest BCUT2D eigenvalue weighted by Crippen LogP contribution is -2.30. The van der Waals surface area contributed by atoms with Gasteiger partial charge in [0.1, 0.15) is 6.04 Å². The quantitative estimate of drug-likeness (QED) is 0.769. The van der Waals surface area contributed by atoms with E-state index in [9.17, 15) is 13.2 Å². The Labute approximate surface area is 152 Å². The van der Waals surface area contributed by atoms with Crippen molar-refractivity contribution >= 4 is 27.5 Å². The van der Waals surface area contributed by atoms with Crippen LogP contribution in [0.4, 0.5) is 0 Å². The van der Waals surface area contributed by atoms with Gasteiger partial charge in [0.2, 0.25) is 15.9 Å². The zero-order valence-corrected chi connectivity index (χ0v) is 15.8. The number of amides is 1. The number of carbonyl (C=O) groups excluding carboxylic acids is 1. The minimum absolute atomic E-state index is 0.186.